The highest BCUT2D eigenvalue weighted by molar-refractivity contribution is 5.92. The van der Waals surface area contributed by atoms with E-state index in [9.17, 15) is 4.79 Å². The van der Waals surface area contributed by atoms with E-state index < -0.39 is 0 Å². The van der Waals surface area contributed by atoms with E-state index in [-0.39, 0.29) is 17.9 Å². The maximum atomic E-state index is 13.4. The fourth-order valence-electron chi connectivity index (χ4n) is 5.43. The predicted molar refractivity (Wildman–Crippen MR) is 148 cm³/mol. The lowest BCUT2D eigenvalue weighted by molar-refractivity contribution is -0.127. The zero-order chi connectivity index (χ0) is 25.8. The number of nitrogen functional groups attached to an aromatic ring is 1. The minimum Gasteiger partial charge on any atom is -0.496 e. The summed E-state index contributed by atoms with van der Waals surface area (Å²) in [7, 11) is 1.67. The summed E-state index contributed by atoms with van der Waals surface area (Å²) >= 11 is 0. The summed E-state index contributed by atoms with van der Waals surface area (Å²) < 4.78 is 5.72. The first-order chi connectivity index (χ1) is 18.1. The molecule has 6 N–H and O–H groups in total. The average molecular weight is 498 g/mol. The van der Waals surface area contributed by atoms with E-state index >= 15 is 0 Å². The summed E-state index contributed by atoms with van der Waals surface area (Å²) in [5, 5.41) is 11.4. The second kappa shape index (κ2) is 11.0. The smallest absolute Gasteiger partial charge is 0.223 e. The standard InChI is InChI=1S/C30H35N5O2/c1-37-28-14-12-23(16-25(28)22-11-13-24-27(17-22)34-35-29(24)32)26(15-19-5-3-2-4-6-19)33-30(36)21-9-7-20(18-31)8-10-21/h2-6,11-14,16-17,20-21,26H,7-10,15,18,31H2,1H3,(H,33,36)(H3,32,34,35). The highest BCUT2D eigenvalue weighted by atomic mass is 16.5. The molecule has 4 aromatic rings. The average Bonchev–Trinajstić information content (AvgIpc) is 3.32. The van der Waals surface area contributed by atoms with Gasteiger partial charge in [0.2, 0.25) is 5.91 Å². The van der Waals surface area contributed by atoms with Gasteiger partial charge < -0.3 is 21.5 Å². The highest BCUT2D eigenvalue weighted by Gasteiger charge is 2.28. The minimum atomic E-state index is -0.168. The Hall–Kier alpha value is -3.84. The molecule has 37 heavy (non-hydrogen) atoms. The Bertz CT molecular complexity index is 1360. The van der Waals surface area contributed by atoms with Crippen LogP contribution in [-0.2, 0) is 11.2 Å². The number of rotatable bonds is 8. The summed E-state index contributed by atoms with van der Waals surface area (Å²) in [5.74, 6) is 1.94. The summed E-state index contributed by atoms with van der Waals surface area (Å²) in [6.07, 6.45) is 4.53. The van der Waals surface area contributed by atoms with Gasteiger partial charge in [-0.2, -0.15) is 5.10 Å². The van der Waals surface area contributed by atoms with Crippen molar-refractivity contribution in [2.75, 3.05) is 19.4 Å². The predicted octanol–water partition coefficient (Wildman–Crippen LogP) is 4.99. The van der Waals surface area contributed by atoms with Crippen molar-refractivity contribution < 1.29 is 9.53 Å². The van der Waals surface area contributed by atoms with Crippen molar-refractivity contribution in [1.82, 2.24) is 15.5 Å². The topological polar surface area (TPSA) is 119 Å². The molecule has 0 aliphatic heterocycles. The molecule has 1 saturated carbocycles. The Morgan fingerprint density at radius 1 is 1.08 bits per heavy atom. The van der Waals surface area contributed by atoms with E-state index in [0.717, 1.165) is 59.0 Å². The summed E-state index contributed by atoms with van der Waals surface area (Å²) in [6, 6.07) is 22.3. The molecule has 1 unspecified atom stereocenters. The molecule has 0 bridgehead atoms. The van der Waals surface area contributed by atoms with Crippen LogP contribution >= 0.6 is 0 Å². The van der Waals surface area contributed by atoms with Gasteiger partial charge in [-0.05, 0) is 85.5 Å². The number of benzene rings is 3. The van der Waals surface area contributed by atoms with Crippen LogP contribution < -0.4 is 21.5 Å². The normalized spacial score (nSPS) is 18.4. The second-order valence-electron chi connectivity index (χ2n) is 10.0. The van der Waals surface area contributed by atoms with Crippen molar-refractivity contribution in [3.63, 3.8) is 0 Å². The van der Waals surface area contributed by atoms with Crippen molar-refractivity contribution in [1.29, 1.82) is 0 Å². The van der Waals surface area contributed by atoms with Gasteiger partial charge in [0.1, 0.15) is 5.75 Å². The monoisotopic (exact) mass is 497 g/mol. The van der Waals surface area contributed by atoms with Crippen molar-refractivity contribution in [2.45, 2.75) is 38.1 Å². The van der Waals surface area contributed by atoms with Crippen LogP contribution in [0.15, 0.2) is 66.7 Å². The first-order valence-electron chi connectivity index (χ1n) is 13.0. The maximum absolute atomic E-state index is 13.4. The number of nitrogens with two attached hydrogens (primary N) is 2. The fourth-order valence-corrected chi connectivity index (χ4v) is 5.43. The van der Waals surface area contributed by atoms with Gasteiger partial charge >= 0.3 is 0 Å². The number of ether oxygens (including phenoxy) is 1. The summed E-state index contributed by atoms with van der Waals surface area (Å²) in [4.78, 5) is 13.4. The molecule has 1 atom stereocenters. The van der Waals surface area contributed by atoms with Gasteiger partial charge in [-0.3, -0.25) is 9.89 Å². The molecule has 7 heteroatoms. The largest absolute Gasteiger partial charge is 0.496 e. The molecule has 0 saturated heterocycles. The SMILES string of the molecule is COc1ccc(C(Cc2ccccc2)NC(=O)C2CCC(CN)CC2)cc1-c1ccc2c(N)n[nH]c2c1. The zero-order valence-electron chi connectivity index (χ0n) is 21.2. The van der Waals surface area contributed by atoms with E-state index in [0.29, 0.717) is 24.7 Å². The molecule has 1 aromatic heterocycles. The number of amides is 1. The lowest BCUT2D eigenvalue weighted by Gasteiger charge is -2.29. The maximum Gasteiger partial charge on any atom is 0.223 e. The van der Waals surface area contributed by atoms with Gasteiger partial charge in [0.05, 0.1) is 18.7 Å². The van der Waals surface area contributed by atoms with E-state index in [1.807, 2.05) is 48.5 Å². The third-order valence-corrected chi connectivity index (χ3v) is 7.68. The number of aromatic nitrogens is 2. The van der Waals surface area contributed by atoms with Gasteiger partial charge in [0, 0.05) is 16.9 Å². The molecule has 1 aliphatic rings. The van der Waals surface area contributed by atoms with Crippen LogP contribution in [0.3, 0.4) is 0 Å². The molecular formula is C30H35N5O2. The number of carbonyl (C=O) groups is 1. The molecule has 7 nitrogen and oxygen atoms in total. The number of hydrogen-bond donors (Lipinski definition) is 4. The van der Waals surface area contributed by atoms with Gasteiger partial charge in [-0.1, -0.05) is 42.5 Å². The van der Waals surface area contributed by atoms with Crippen LogP contribution in [0.2, 0.25) is 0 Å². The lowest BCUT2D eigenvalue weighted by Crippen LogP contribution is -2.37. The molecule has 1 amide bonds. The zero-order valence-corrected chi connectivity index (χ0v) is 21.2. The van der Waals surface area contributed by atoms with Crippen LogP contribution in [0, 0.1) is 11.8 Å². The number of nitrogens with zero attached hydrogens (tertiary/aromatic N) is 1. The van der Waals surface area contributed by atoms with Crippen LogP contribution in [0.4, 0.5) is 5.82 Å². The molecule has 1 aliphatic carbocycles. The van der Waals surface area contributed by atoms with Crippen LogP contribution in [0.5, 0.6) is 5.75 Å². The molecule has 192 valence electrons. The van der Waals surface area contributed by atoms with Crippen molar-refractivity contribution >= 4 is 22.6 Å². The molecular weight excluding hydrogens is 462 g/mol. The molecule has 3 aromatic carbocycles. The van der Waals surface area contributed by atoms with Crippen molar-refractivity contribution in [3.05, 3.63) is 77.9 Å². The molecule has 1 heterocycles. The number of hydrogen-bond acceptors (Lipinski definition) is 5. The van der Waals surface area contributed by atoms with Crippen LogP contribution in [0.1, 0.15) is 42.9 Å². The molecule has 5 rings (SSSR count). The quantitative estimate of drug-likeness (QED) is 0.274. The number of methoxy groups -OCH3 is 1. The number of nitrogens with one attached hydrogen (secondary N) is 2. The van der Waals surface area contributed by atoms with Crippen molar-refractivity contribution in [2.24, 2.45) is 17.6 Å². The first-order valence-corrected chi connectivity index (χ1v) is 13.0. The van der Waals surface area contributed by atoms with E-state index in [4.69, 9.17) is 16.2 Å². The van der Waals surface area contributed by atoms with Crippen LogP contribution in [0.25, 0.3) is 22.0 Å². The number of fused-ring (bicyclic) bond motifs is 1. The second-order valence-corrected chi connectivity index (χ2v) is 10.0. The van der Waals surface area contributed by atoms with Gasteiger partial charge in [0.15, 0.2) is 5.82 Å². The number of aromatic amines is 1. The molecule has 0 spiro atoms. The Kier molecular flexibility index (Phi) is 7.42. The molecule has 0 radical (unpaired) electrons. The summed E-state index contributed by atoms with van der Waals surface area (Å²) in [5.41, 5.74) is 16.8. The van der Waals surface area contributed by atoms with Gasteiger partial charge in [-0.25, -0.2) is 0 Å². The van der Waals surface area contributed by atoms with Gasteiger partial charge in [0.25, 0.3) is 0 Å². The Labute approximate surface area is 217 Å². The Balaban J connectivity index is 1.47. The first kappa shape index (κ1) is 24.8. The van der Waals surface area contributed by atoms with E-state index in [1.165, 1.54) is 5.56 Å². The number of anilines is 1. The van der Waals surface area contributed by atoms with Crippen molar-refractivity contribution in [3.8, 4) is 16.9 Å². The Morgan fingerprint density at radius 3 is 2.59 bits per heavy atom. The lowest BCUT2D eigenvalue weighted by atomic mass is 9.81. The minimum absolute atomic E-state index is 0.0343. The highest BCUT2D eigenvalue weighted by Crippen LogP contribution is 2.36. The fraction of sp³-hybridized carbons (Fsp3) is 0.333. The Morgan fingerprint density at radius 2 is 1.86 bits per heavy atom. The van der Waals surface area contributed by atoms with Crippen LogP contribution in [-0.4, -0.2) is 29.8 Å². The van der Waals surface area contributed by atoms with Gasteiger partial charge in [-0.15, -0.1) is 0 Å². The van der Waals surface area contributed by atoms with E-state index in [2.05, 4.69) is 33.7 Å². The molecule has 1 fully saturated rings. The number of carbonyl (C=O) groups excluding carboxylic acids is 1. The number of H-pyrrole nitrogens is 1. The van der Waals surface area contributed by atoms with E-state index in [1.54, 1.807) is 7.11 Å². The third-order valence-electron chi connectivity index (χ3n) is 7.68. The summed E-state index contributed by atoms with van der Waals surface area (Å²) in [6.45, 7) is 0.705. The third kappa shape index (κ3) is 5.47.